The molecule has 0 radical (unpaired) electrons. The first kappa shape index (κ1) is 16.2. The van der Waals surface area contributed by atoms with E-state index in [1.165, 1.54) is 0 Å². The lowest BCUT2D eigenvalue weighted by Gasteiger charge is -2.29. The van der Waals surface area contributed by atoms with Crippen molar-refractivity contribution < 1.29 is 4.57 Å². The summed E-state index contributed by atoms with van der Waals surface area (Å²) >= 11 is 0. The van der Waals surface area contributed by atoms with Crippen LogP contribution in [-0.2, 0) is 13.6 Å². The summed E-state index contributed by atoms with van der Waals surface area (Å²) in [6.45, 7) is 15.2. The molecule has 3 nitrogen and oxygen atoms in total. The van der Waals surface area contributed by atoms with Crippen molar-refractivity contribution in [3.8, 4) is 0 Å². The van der Waals surface area contributed by atoms with Gasteiger partial charge in [-0.05, 0) is 27.7 Å². The van der Waals surface area contributed by atoms with E-state index in [0.717, 1.165) is 13.1 Å². The highest BCUT2D eigenvalue weighted by Gasteiger charge is 2.13. The molecule has 1 rings (SSSR count). The van der Waals surface area contributed by atoms with Crippen molar-refractivity contribution in [1.29, 1.82) is 0 Å². The second-order valence-electron chi connectivity index (χ2n) is 4.74. The van der Waals surface area contributed by atoms with E-state index >= 15 is 0 Å². The van der Waals surface area contributed by atoms with Crippen molar-refractivity contribution in [3.63, 3.8) is 0 Å². The number of rotatable bonds is 5. The van der Waals surface area contributed by atoms with E-state index in [0.29, 0.717) is 12.1 Å². The van der Waals surface area contributed by atoms with Crippen LogP contribution in [0.3, 0.4) is 0 Å². The zero-order chi connectivity index (χ0) is 13.4. The number of nitrogens with zero attached hydrogens (tertiary/aromatic N) is 3. The molecule has 0 aliphatic carbocycles. The molecule has 0 spiro atoms. The highest BCUT2D eigenvalue weighted by Crippen LogP contribution is 2.04. The maximum Gasteiger partial charge on any atom is 0.243 e. The van der Waals surface area contributed by atoms with Gasteiger partial charge in [0, 0.05) is 18.6 Å². The molecular formula is C14H30N3+. The largest absolute Gasteiger partial charge is 0.295 e. The van der Waals surface area contributed by atoms with Crippen LogP contribution in [0, 0.1) is 0 Å². The lowest BCUT2D eigenvalue weighted by molar-refractivity contribution is -0.671. The van der Waals surface area contributed by atoms with Gasteiger partial charge < -0.3 is 0 Å². The van der Waals surface area contributed by atoms with Gasteiger partial charge in [0.2, 0.25) is 6.33 Å². The Hall–Kier alpha value is -0.830. The third kappa shape index (κ3) is 5.87. The molecule has 100 valence electrons. The molecule has 17 heavy (non-hydrogen) atoms. The van der Waals surface area contributed by atoms with Crippen LogP contribution in [0.4, 0.5) is 0 Å². The zero-order valence-electron chi connectivity index (χ0n) is 12.6. The van der Waals surface area contributed by atoms with Crippen molar-refractivity contribution in [2.45, 2.75) is 60.2 Å². The smallest absolute Gasteiger partial charge is 0.243 e. The summed E-state index contributed by atoms with van der Waals surface area (Å²) in [5.74, 6) is 0. The highest BCUT2D eigenvalue weighted by atomic mass is 15.2. The van der Waals surface area contributed by atoms with Crippen LogP contribution in [0.15, 0.2) is 18.7 Å². The molecule has 1 aromatic rings. The molecule has 0 aromatic carbocycles. The number of hydrogen-bond acceptors (Lipinski definition) is 1. The molecule has 0 atom stereocenters. The maximum atomic E-state index is 2.51. The van der Waals surface area contributed by atoms with E-state index in [-0.39, 0.29) is 0 Å². The number of aryl methyl sites for hydroxylation is 1. The van der Waals surface area contributed by atoms with Crippen molar-refractivity contribution in [2.24, 2.45) is 7.05 Å². The summed E-state index contributed by atoms with van der Waals surface area (Å²) in [5, 5.41) is 0. The van der Waals surface area contributed by atoms with E-state index in [9.17, 15) is 0 Å². The molecule has 0 fully saturated rings. The molecule has 1 heterocycles. The van der Waals surface area contributed by atoms with E-state index < -0.39 is 0 Å². The van der Waals surface area contributed by atoms with Crippen LogP contribution in [0.5, 0.6) is 0 Å². The summed E-state index contributed by atoms with van der Waals surface area (Å²) < 4.78 is 4.31. The van der Waals surface area contributed by atoms with Crippen LogP contribution in [-0.4, -0.2) is 28.1 Å². The van der Waals surface area contributed by atoms with Gasteiger partial charge in [-0.25, -0.2) is 9.13 Å². The fourth-order valence-electron chi connectivity index (χ4n) is 1.98. The SMILES string of the molecule is CC.CC(C)N(CCn1cc[n+](C)c1)C(C)C. The maximum absolute atomic E-state index is 2.51. The number of aromatic nitrogens is 2. The molecule has 0 N–H and O–H groups in total. The van der Waals surface area contributed by atoms with Crippen LogP contribution < -0.4 is 4.57 Å². The van der Waals surface area contributed by atoms with Crippen molar-refractivity contribution in [1.82, 2.24) is 9.47 Å². The Bertz CT molecular complexity index is 281. The average molecular weight is 240 g/mol. The van der Waals surface area contributed by atoms with Gasteiger partial charge in [0.1, 0.15) is 18.9 Å². The lowest BCUT2D eigenvalue weighted by Crippen LogP contribution is -2.39. The average Bonchev–Trinajstić information content (AvgIpc) is 2.66. The van der Waals surface area contributed by atoms with Gasteiger partial charge in [-0.15, -0.1) is 0 Å². The minimum absolute atomic E-state index is 0.620. The first-order valence-electron chi connectivity index (χ1n) is 6.77. The third-order valence-electron chi connectivity index (χ3n) is 2.77. The Morgan fingerprint density at radius 1 is 1.12 bits per heavy atom. The molecule has 0 saturated carbocycles. The quantitative estimate of drug-likeness (QED) is 0.720. The van der Waals surface area contributed by atoms with Gasteiger partial charge in [0.15, 0.2) is 0 Å². The Balaban J connectivity index is 0.00000121. The van der Waals surface area contributed by atoms with Gasteiger partial charge >= 0.3 is 0 Å². The fraction of sp³-hybridized carbons (Fsp3) is 0.786. The molecule has 0 aliphatic rings. The molecule has 3 heteroatoms. The molecule has 0 bridgehead atoms. The van der Waals surface area contributed by atoms with E-state index in [4.69, 9.17) is 0 Å². The van der Waals surface area contributed by atoms with Gasteiger partial charge in [-0.1, -0.05) is 13.8 Å². The fourth-order valence-corrected chi connectivity index (χ4v) is 1.98. The van der Waals surface area contributed by atoms with Crippen molar-refractivity contribution in [3.05, 3.63) is 18.7 Å². The van der Waals surface area contributed by atoms with E-state index in [1.807, 2.05) is 13.8 Å². The van der Waals surface area contributed by atoms with E-state index in [2.05, 4.69) is 67.5 Å². The van der Waals surface area contributed by atoms with Gasteiger partial charge in [0.05, 0.1) is 7.05 Å². The van der Waals surface area contributed by atoms with Gasteiger partial charge in [0.25, 0.3) is 0 Å². The predicted molar refractivity (Wildman–Crippen MR) is 73.9 cm³/mol. The third-order valence-corrected chi connectivity index (χ3v) is 2.77. The molecule has 0 aliphatic heterocycles. The number of imidazole rings is 1. The van der Waals surface area contributed by atoms with Crippen molar-refractivity contribution >= 4 is 0 Å². The second kappa shape index (κ2) is 8.29. The Labute approximate surface area is 107 Å². The molecule has 0 amide bonds. The first-order chi connectivity index (χ1) is 8.00. The molecular weight excluding hydrogens is 210 g/mol. The summed E-state index contributed by atoms with van der Waals surface area (Å²) in [4.78, 5) is 2.51. The normalized spacial score (nSPS) is 10.9. The standard InChI is InChI=1S/C12H24N3.C2H6/c1-11(2)15(12(3)4)9-8-14-7-6-13(5)10-14;1-2/h6-7,10-12H,8-9H2,1-5H3;1-2H3/q+1;. The molecule has 0 saturated heterocycles. The van der Waals surface area contributed by atoms with Crippen LogP contribution in [0.2, 0.25) is 0 Å². The van der Waals surface area contributed by atoms with Crippen LogP contribution >= 0.6 is 0 Å². The summed E-state index contributed by atoms with van der Waals surface area (Å²) in [5.41, 5.74) is 0. The van der Waals surface area contributed by atoms with Crippen molar-refractivity contribution in [2.75, 3.05) is 6.54 Å². The van der Waals surface area contributed by atoms with Gasteiger partial charge in [-0.3, -0.25) is 4.90 Å². The summed E-state index contributed by atoms with van der Waals surface area (Å²) in [6, 6.07) is 1.24. The Kier molecular flexibility index (Phi) is 7.88. The minimum Gasteiger partial charge on any atom is -0.295 e. The number of hydrogen-bond donors (Lipinski definition) is 0. The summed E-state index contributed by atoms with van der Waals surface area (Å²) in [6.07, 6.45) is 6.33. The van der Waals surface area contributed by atoms with Crippen LogP contribution in [0.25, 0.3) is 0 Å². The predicted octanol–water partition coefficient (Wildman–Crippen LogP) is 2.46. The van der Waals surface area contributed by atoms with E-state index in [1.54, 1.807) is 0 Å². The Morgan fingerprint density at radius 2 is 1.65 bits per heavy atom. The van der Waals surface area contributed by atoms with Crippen LogP contribution in [0.1, 0.15) is 41.5 Å². The summed E-state index contributed by atoms with van der Waals surface area (Å²) in [7, 11) is 2.05. The topological polar surface area (TPSA) is 12.1 Å². The lowest BCUT2D eigenvalue weighted by atomic mass is 10.2. The molecule has 1 aromatic heterocycles. The minimum atomic E-state index is 0.620. The van der Waals surface area contributed by atoms with Gasteiger partial charge in [-0.2, -0.15) is 0 Å². The zero-order valence-corrected chi connectivity index (χ0v) is 12.6. The molecule has 0 unspecified atom stereocenters. The first-order valence-corrected chi connectivity index (χ1v) is 6.77. The highest BCUT2D eigenvalue weighted by molar-refractivity contribution is 4.71. The Morgan fingerprint density at radius 3 is 2.00 bits per heavy atom. The second-order valence-corrected chi connectivity index (χ2v) is 4.74. The monoisotopic (exact) mass is 240 g/mol.